The molecule has 0 bridgehead atoms. The van der Waals surface area contributed by atoms with Crippen LogP contribution in [0.5, 0.6) is 0 Å². The van der Waals surface area contributed by atoms with Crippen molar-refractivity contribution in [1.82, 2.24) is 0 Å². The summed E-state index contributed by atoms with van der Waals surface area (Å²) in [5.74, 6) is 0. The van der Waals surface area contributed by atoms with Crippen molar-refractivity contribution < 1.29 is 34.6 Å². The first-order chi connectivity index (χ1) is 27.0. The summed E-state index contributed by atoms with van der Waals surface area (Å²) in [6.07, 6.45) is 7.45. The zero-order valence-electron chi connectivity index (χ0n) is 31.5. The van der Waals surface area contributed by atoms with Crippen LogP contribution in [0.3, 0.4) is 0 Å². The largest absolute Gasteiger partial charge is 0.725 e. The Morgan fingerprint density at radius 3 is 0.786 bits per heavy atom. The average molecular weight is 831 g/mol. The van der Waals surface area contributed by atoms with Gasteiger partial charge in [-0.1, -0.05) is 136 Å². The Balaban J connectivity index is 0.000000202. The lowest BCUT2D eigenvalue weighted by Gasteiger charge is -2.27. The molecule has 0 aliphatic rings. The molecule has 0 heterocycles. The van der Waals surface area contributed by atoms with E-state index in [9.17, 15) is 21.4 Å². The smallest absolute Gasteiger partial charge is 0.405 e. The second kappa shape index (κ2) is 22.0. The highest BCUT2D eigenvalue weighted by molar-refractivity contribution is 7.96. The SMILES string of the molecule is CCCC[P+](c1ccccc1)(c1ccccc1)c1ccccc1.CCCC[P+](c1ccccc1)(c1ccccc1)c1ccccc1.O=S(=O)([O-])OS(=O)(=O)O[O-]. The first-order valence-corrected chi connectivity index (χ1v) is 25.0. The topological polar surface area (TPSA) is 133 Å². The Morgan fingerprint density at radius 2 is 0.643 bits per heavy atom. The maximum atomic E-state index is 9.68. The first kappa shape index (κ1) is 44.6. The van der Waals surface area contributed by atoms with Crippen LogP contribution in [-0.2, 0) is 28.8 Å². The van der Waals surface area contributed by atoms with E-state index in [1.165, 1.54) is 69.8 Å². The molecule has 0 saturated carbocycles. The summed E-state index contributed by atoms with van der Waals surface area (Å²) >= 11 is 0. The molecule has 0 aliphatic carbocycles. The molecule has 6 aromatic carbocycles. The van der Waals surface area contributed by atoms with Gasteiger partial charge in [0.2, 0.25) is 10.4 Å². The summed E-state index contributed by atoms with van der Waals surface area (Å²) < 4.78 is 52.5. The molecule has 294 valence electrons. The average Bonchev–Trinajstić information content (AvgIpc) is 3.23. The second-order valence-electron chi connectivity index (χ2n) is 12.7. The van der Waals surface area contributed by atoms with Gasteiger partial charge in [-0.05, 0) is 85.6 Å². The summed E-state index contributed by atoms with van der Waals surface area (Å²) in [4.78, 5) is 0. The molecular formula is C44H48O8P2S2. The second-order valence-corrected chi connectivity index (χ2v) is 22.3. The van der Waals surface area contributed by atoms with E-state index in [1.807, 2.05) is 0 Å². The normalized spacial score (nSPS) is 11.7. The Bertz CT molecular complexity index is 1890. The molecule has 0 saturated heterocycles. The first-order valence-electron chi connectivity index (χ1n) is 18.4. The monoisotopic (exact) mass is 830 g/mol. The van der Waals surface area contributed by atoms with Crippen LogP contribution in [0.25, 0.3) is 0 Å². The summed E-state index contributed by atoms with van der Waals surface area (Å²) in [5.41, 5.74) is 0. The molecule has 0 amide bonds. The molecule has 0 N–H and O–H groups in total. The summed E-state index contributed by atoms with van der Waals surface area (Å²) in [7, 11) is -13.8. The van der Waals surface area contributed by atoms with Gasteiger partial charge in [0, 0.05) is 0 Å². The van der Waals surface area contributed by atoms with Crippen molar-refractivity contribution in [2.45, 2.75) is 39.5 Å². The number of unbranched alkanes of at least 4 members (excludes halogenated alkanes) is 2. The molecule has 8 nitrogen and oxygen atoms in total. The van der Waals surface area contributed by atoms with Crippen molar-refractivity contribution in [1.29, 1.82) is 0 Å². The highest BCUT2D eigenvalue weighted by Gasteiger charge is 2.45. The van der Waals surface area contributed by atoms with Gasteiger partial charge in [-0.3, -0.25) is 0 Å². The minimum Gasteiger partial charge on any atom is -0.725 e. The van der Waals surface area contributed by atoms with Crippen LogP contribution in [0.2, 0.25) is 0 Å². The molecule has 12 heteroatoms. The lowest BCUT2D eigenvalue weighted by Crippen LogP contribution is -2.33. The highest BCUT2D eigenvalue weighted by atomic mass is 32.3. The third kappa shape index (κ3) is 12.2. The summed E-state index contributed by atoms with van der Waals surface area (Å²) in [6, 6.07) is 66.8. The maximum absolute atomic E-state index is 9.68. The van der Waals surface area contributed by atoms with Gasteiger partial charge in [-0.15, -0.1) is 3.63 Å². The van der Waals surface area contributed by atoms with E-state index in [0.717, 1.165) is 0 Å². The fourth-order valence-corrected chi connectivity index (χ4v) is 16.6. The van der Waals surface area contributed by atoms with Crippen LogP contribution in [-0.4, -0.2) is 33.7 Å². The van der Waals surface area contributed by atoms with Gasteiger partial charge in [0.15, 0.2) is 0 Å². The Hall–Kier alpha value is -4.08. The van der Waals surface area contributed by atoms with E-state index in [1.54, 1.807) is 0 Å². The standard InChI is InChI=1S/2C22H24P.H2O8S2/c2*1-2-3-19-23(20-13-7-4-8-14-20,21-15-9-5-10-16-21)22-17-11-6-12-18-22;1-7-10(5,6)8-9(2,3)4/h2*4-18H,2-3,19H2,1H3;1H,(H,2,3,4)/q2*+1;/p-2. The number of hydrogen-bond acceptors (Lipinski definition) is 8. The molecule has 6 aromatic rings. The molecule has 56 heavy (non-hydrogen) atoms. The Morgan fingerprint density at radius 1 is 0.429 bits per heavy atom. The Kier molecular flexibility index (Phi) is 17.5. The van der Waals surface area contributed by atoms with Gasteiger partial charge in [0.05, 0.1) is 12.3 Å². The van der Waals surface area contributed by atoms with E-state index < -0.39 is 35.3 Å². The molecule has 0 aliphatic heterocycles. The van der Waals surface area contributed by atoms with Crippen molar-refractivity contribution in [3.05, 3.63) is 182 Å². The van der Waals surface area contributed by atoms with E-state index in [2.05, 4.69) is 204 Å². The Labute approximate surface area is 334 Å². The van der Waals surface area contributed by atoms with Crippen molar-refractivity contribution in [3.63, 3.8) is 0 Å². The third-order valence-electron chi connectivity index (χ3n) is 9.13. The zero-order chi connectivity index (χ0) is 40.3. The zero-order valence-corrected chi connectivity index (χ0v) is 35.0. The van der Waals surface area contributed by atoms with Crippen LogP contribution >= 0.6 is 14.5 Å². The minimum absolute atomic E-state index is 1.23. The van der Waals surface area contributed by atoms with Crippen LogP contribution in [0.1, 0.15) is 39.5 Å². The van der Waals surface area contributed by atoms with Gasteiger partial charge >= 0.3 is 10.4 Å². The molecule has 0 fully saturated rings. The molecular weight excluding hydrogens is 783 g/mol. The van der Waals surface area contributed by atoms with Gasteiger partial charge < -0.3 is 14.1 Å². The van der Waals surface area contributed by atoms with E-state index >= 15 is 0 Å². The number of benzene rings is 6. The fourth-order valence-electron chi connectivity index (χ4n) is 6.67. The summed E-state index contributed by atoms with van der Waals surface area (Å²) in [6.45, 7) is 4.57. The van der Waals surface area contributed by atoms with Crippen molar-refractivity contribution in [2.24, 2.45) is 0 Å². The quantitative estimate of drug-likeness (QED) is 0.0374. The molecule has 0 unspecified atom stereocenters. The lowest BCUT2D eigenvalue weighted by molar-refractivity contribution is -0.636. The molecule has 6 rings (SSSR count). The molecule has 0 spiro atoms. The van der Waals surface area contributed by atoms with Gasteiger partial charge in [0.25, 0.3) is 0 Å². The lowest BCUT2D eigenvalue weighted by atomic mass is 10.3. The van der Waals surface area contributed by atoms with Crippen molar-refractivity contribution in [2.75, 3.05) is 12.3 Å². The maximum Gasteiger partial charge on any atom is 0.405 e. The van der Waals surface area contributed by atoms with Gasteiger partial charge in [-0.2, -0.15) is 8.42 Å². The van der Waals surface area contributed by atoms with Gasteiger partial charge in [-0.25, -0.2) is 8.42 Å². The molecule has 0 radical (unpaired) electrons. The molecule has 0 aromatic heterocycles. The predicted molar refractivity (Wildman–Crippen MR) is 231 cm³/mol. The summed E-state index contributed by atoms with van der Waals surface area (Å²) in [5, 5.41) is 18.0. The van der Waals surface area contributed by atoms with Crippen molar-refractivity contribution in [3.8, 4) is 0 Å². The van der Waals surface area contributed by atoms with Crippen LogP contribution in [0.15, 0.2) is 182 Å². The van der Waals surface area contributed by atoms with Crippen LogP contribution in [0, 0.1) is 0 Å². The number of rotatable bonds is 15. The van der Waals surface area contributed by atoms with E-state index in [4.69, 9.17) is 5.26 Å². The highest BCUT2D eigenvalue weighted by Crippen LogP contribution is 2.56. The minimum atomic E-state index is -5.46. The van der Waals surface area contributed by atoms with Crippen LogP contribution < -0.4 is 37.1 Å². The fraction of sp³-hybridized carbons (Fsp3) is 0.182. The third-order valence-corrected chi connectivity index (χ3v) is 19.7. The van der Waals surface area contributed by atoms with E-state index in [-0.39, 0.29) is 0 Å². The van der Waals surface area contributed by atoms with Crippen molar-refractivity contribution >= 4 is 67.2 Å². The number of hydrogen-bond donors (Lipinski definition) is 0. The molecule has 0 atom stereocenters. The predicted octanol–water partition coefficient (Wildman–Crippen LogP) is 6.56. The van der Waals surface area contributed by atoms with Gasteiger partial charge in [0.1, 0.15) is 46.4 Å². The van der Waals surface area contributed by atoms with Crippen LogP contribution in [0.4, 0.5) is 0 Å². The van der Waals surface area contributed by atoms with E-state index in [0.29, 0.717) is 0 Å².